The molecule has 0 fully saturated rings. The summed E-state index contributed by atoms with van der Waals surface area (Å²) < 4.78 is 1.34. The zero-order chi connectivity index (χ0) is 52.3. The lowest BCUT2D eigenvalue weighted by Gasteiger charge is -2.46. The predicted octanol–water partition coefficient (Wildman–Crippen LogP) is 5.43. The van der Waals surface area contributed by atoms with E-state index in [0.717, 1.165) is 69.1 Å². The van der Waals surface area contributed by atoms with Gasteiger partial charge in [0.15, 0.2) is 0 Å². The molecule has 3 heterocycles. The number of benzene rings is 6. The molecule has 340 valence electrons. The van der Waals surface area contributed by atoms with Crippen LogP contribution in [0.5, 0.6) is 0 Å². The lowest BCUT2D eigenvalue weighted by atomic mass is 9.35. The van der Waals surface area contributed by atoms with Gasteiger partial charge < -0.3 is 9.80 Å². The van der Waals surface area contributed by atoms with Crippen molar-refractivity contribution >= 4 is 174 Å². The zero-order valence-electron chi connectivity index (χ0n) is 44.5. The number of thiophene rings is 1. The maximum absolute atomic E-state index is 7.06. The third-order valence-corrected chi connectivity index (χ3v) is 18.1. The first-order valence-electron chi connectivity index (χ1n) is 25.2. The van der Waals surface area contributed by atoms with Crippen LogP contribution in [0.3, 0.4) is 0 Å². The molecule has 3 aliphatic rings. The molecule has 2 aliphatic heterocycles. The van der Waals surface area contributed by atoms with Crippen LogP contribution in [-0.4, -0.2) is 69.5 Å². The highest BCUT2D eigenvalue weighted by molar-refractivity contribution is 7.29. The Morgan fingerprint density at radius 3 is 1.61 bits per heavy atom. The predicted molar refractivity (Wildman–Crippen MR) is 323 cm³/mol. The van der Waals surface area contributed by atoms with E-state index in [2.05, 4.69) is 173 Å². The smallest absolute Gasteiger partial charge is 0.264 e. The first-order chi connectivity index (χ1) is 33.5. The van der Waals surface area contributed by atoms with Crippen LogP contribution in [-0.2, 0) is 27.1 Å². The second-order valence-corrected chi connectivity index (χ2v) is 25.8. The van der Waals surface area contributed by atoms with Crippen molar-refractivity contribution < 1.29 is 0 Å². The van der Waals surface area contributed by atoms with Gasteiger partial charge in [0.25, 0.3) is 6.71 Å². The maximum Gasteiger partial charge on any atom is 0.264 e. The normalized spacial score (nSPS) is 15.8. The number of hydrogen-bond donors (Lipinski definition) is 0. The molecular formula is C60H57B9N2S. The summed E-state index contributed by atoms with van der Waals surface area (Å²) in [7, 11) is 53.5. The molecule has 72 heavy (non-hydrogen) atoms. The third-order valence-electron chi connectivity index (χ3n) is 16.4. The van der Waals surface area contributed by atoms with Crippen molar-refractivity contribution in [2.75, 3.05) is 9.80 Å². The van der Waals surface area contributed by atoms with E-state index in [0.29, 0.717) is 22.0 Å². The quantitative estimate of drug-likeness (QED) is 0.213. The minimum Gasteiger partial charge on any atom is -0.311 e. The first kappa shape index (κ1) is 50.7. The molecule has 16 radical (unpaired) electrons. The molecule has 12 heteroatoms. The van der Waals surface area contributed by atoms with Crippen LogP contribution >= 0.6 is 11.3 Å². The van der Waals surface area contributed by atoms with E-state index in [4.69, 9.17) is 62.8 Å². The molecule has 0 unspecified atom stereocenters. The van der Waals surface area contributed by atoms with E-state index < -0.39 is 5.41 Å². The number of aryl methyl sites for hydroxylation is 1. The zero-order valence-corrected chi connectivity index (χ0v) is 45.3. The average molecular weight is 936 g/mol. The molecule has 6 aromatic carbocycles. The van der Waals surface area contributed by atoms with Crippen molar-refractivity contribution in [1.82, 2.24) is 0 Å². The Morgan fingerprint density at radius 2 is 1.03 bits per heavy atom. The van der Waals surface area contributed by atoms with Gasteiger partial charge in [-0.25, -0.2) is 0 Å². The van der Waals surface area contributed by atoms with E-state index in [1.54, 1.807) is 0 Å². The molecule has 7 aromatic rings. The Kier molecular flexibility index (Phi) is 11.9. The maximum atomic E-state index is 7.06. The number of nitrogens with zero attached hydrogens (tertiary/aromatic N) is 2. The summed E-state index contributed by atoms with van der Waals surface area (Å²) in [5.41, 5.74) is 19.0. The summed E-state index contributed by atoms with van der Waals surface area (Å²) in [6.07, 6.45) is 2.19. The van der Waals surface area contributed by atoms with Crippen LogP contribution in [0, 0.1) is 6.92 Å². The fraction of sp³-hybridized carbons (Fsp3) is 0.333. The van der Waals surface area contributed by atoms with E-state index >= 15 is 0 Å². The second-order valence-electron chi connectivity index (χ2n) is 24.8. The summed E-state index contributed by atoms with van der Waals surface area (Å²) in [4.78, 5) is 6.48. The van der Waals surface area contributed by atoms with Gasteiger partial charge in [-0.1, -0.05) is 136 Å². The highest BCUT2D eigenvalue weighted by Gasteiger charge is 2.51. The molecule has 2 nitrogen and oxygen atoms in total. The van der Waals surface area contributed by atoms with Crippen molar-refractivity contribution in [3.8, 4) is 11.1 Å². The van der Waals surface area contributed by atoms with Crippen molar-refractivity contribution in [2.24, 2.45) is 0 Å². The molecule has 0 saturated carbocycles. The highest BCUT2D eigenvalue weighted by Crippen LogP contribution is 2.57. The molecule has 0 atom stereocenters. The summed E-state index contributed by atoms with van der Waals surface area (Å²) in [6.45, 7) is 29.7. The largest absolute Gasteiger partial charge is 0.311 e. The minimum atomic E-state index is -0.537. The van der Waals surface area contributed by atoms with Gasteiger partial charge in [0.1, 0.15) is 62.8 Å². The van der Waals surface area contributed by atoms with E-state index in [1.165, 1.54) is 37.4 Å². The topological polar surface area (TPSA) is 6.48 Å². The SMILES string of the molecule is [B]c1cc(C(C)(C)c2ccc3c(c2)B2c4sc5c(c4N(c4ccc(C(C)(C)C)cc4)c4cc(C)cc(c42)N3c2ccc(C(C)(C)C)cc2-c2c([B])c([B])c([B])c([B])c2[B])C(C)(C)CCC5(C)C)cc([B])c1[B]. The minimum absolute atomic E-state index is 0.0148. The van der Waals surface area contributed by atoms with Crippen LogP contribution in [0.15, 0.2) is 84.9 Å². The Bertz CT molecular complexity index is 3370. The molecule has 0 N–H and O–H groups in total. The molecular weight excluding hydrogens is 878 g/mol. The third kappa shape index (κ3) is 7.75. The van der Waals surface area contributed by atoms with Gasteiger partial charge in [-0.2, -0.15) is 11.3 Å². The van der Waals surface area contributed by atoms with Crippen LogP contribution < -0.4 is 69.2 Å². The molecule has 0 spiro atoms. The number of anilines is 6. The lowest BCUT2D eigenvalue weighted by molar-refractivity contribution is 0.339. The summed E-state index contributed by atoms with van der Waals surface area (Å²) in [5, 5.41) is 0. The van der Waals surface area contributed by atoms with Crippen molar-refractivity contribution in [3.63, 3.8) is 0 Å². The van der Waals surface area contributed by atoms with Gasteiger partial charge in [-0.3, -0.25) is 0 Å². The Balaban J connectivity index is 1.36. The van der Waals surface area contributed by atoms with Gasteiger partial charge >= 0.3 is 0 Å². The van der Waals surface area contributed by atoms with Crippen molar-refractivity contribution in [1.29, 1.82) is 0 Å². The van der Waals surface area contributed by atoms with Gasteiger partial charge in [0, 0.05) is 43.4 Å². The van der Waals surface area contributed by atoms with Gasteiger partial charge in [-0.15, -0.1) is 32.8 Å². The Hall–Kier alpha value is -4.80. The molecule has 10 rings (SSSR count). The van der Waals surface area contributed by atoms with Crippen LogP contribution in [0.2, 0.25) is 0 Å². The fourth-order valence-corrected chi connectivity index (χ4v) is 13.4. The molecule has 1 aromatic heterocycles. The first-order valence-corrected chi connectivity index (χ1v) is 26.1. The van der Waals surface area contributed by atoms with Crippen LogP contribution in [0.1, 0.15) is 134 Å². The Morgan fingerprint density at radius 1 is 0.514 bits per heavy atom. The molecule has 1 aliphatic carbocycles. The van der Waals surface area contributed by atoms with E-state index in [-0.39, 0.29) is 55.7 Å². The van der Waals surface area contributed by atoms with E-state index in [9.17, 15) is 0 Å². The molecule has 0 bridgehead atoms. The van der Waals surface area contributed by atoms with Crippen LogP contribution in [0.25, 0.3) is 11.1 Å². The van der Waals surface area contributed by atoms with Crippen molar-refractivity contribution in [3.05, 3.63) is 123 Å². The van der Waals surface area contributed by atoms with Crippen molar-refractivity contribution in [2.45, 2.75) is 130 Å². The van der Waals surface area contributed by atoms with Crippen LogP contribution in [0.4, 0.5) is 34.1 Å². The summed E-state index contributed by atoms with van der Waals surface area (Å²) in [6, 6.07) is 31.6. The molecule has 0 saturated heterocycles. The van der Waals surface area contributed by atoms with Gasteiger partial charge in [0.2, 0.25) is 0 Å². The number of rotatable bonds is 5. The number of hydrogen-bond acceptors (Lipinski definition) is 3. The summed E-state index contributed by atoms with van der Waals surface area (Å²) in [5.74, 6) is 0. The summed E-state index contributed by atoms with van der Waals surface area (Å²) >= 11 is 2.01. The second kappa shape index (κ2) is 16.9. The highest BCUT2D eigenvalue weighted by atomic mass is 32.1. The average Bonchev–Trinajstić information content (AvgIpc) is 3.73. The fourth-order valence-electron chi connectivity index (χ4n) is 11.7. The standard InChI is InChI=1S/C60H57B9N2S/c1-30-24-42-52-43(25-30)71(40-20-16-32(57(5,6)7)26-36(40)44-47(64)49(66)51(68)50(67)48(44)65)41-21-17-33(60(12,13)34-27-37(61)46(63)38(62)28-34)29-39(41)69(52)55-53(45-54(72-55)59(10,11)23-22-58(45,8)9)70(42)35-18-14-31(15-19-35)56(2,3)4/h14-21,24-29H,22-23H2,1-13H3. The van der Waals surface area contributed by atoms with E-state index in [1.807, 2.05) is 23.5 Å². The Labute approximate surface area is 445 Å². The van der Waals surface area contributed by atoms with Gasteiger partial charge in [0.05, 0.1) is 11.4 Å². The molecule has 0 amide bonds. The van der Waals surface area contributed by atoms with Gasteiger partial charge in [-0.05, 0) is 134 Å². The lowest BCUT2D eigenvalue weighted by Crippen LogP contribution is -2.61. The monoisotopic (exact) mass is 937 g/mol. The number of fused-ring (bicyclic) bond motifs is 6.